The third-order valence-electron chi connectivity index (χ3n) is 24.2. The average molecular weight is 2280 g/mol. The van der Waals surface area contributed by atoms with Crippen molar-refractivity contribution in [2.45, 2.75) is 172 Å². The molecule has 0 fully saturated rings. The molecule has 0 bridgehead atoms. The Balaban J connectivity index is 0.000000208. The van der Waals surface area contributed by atoms with Crippen LogP contribution in [0, 0.1) is 49.0 Å². The van der Waals surface area contributed by atoms with E-state index in [4.69, 9.17) is 32.3 Å². The van der Waals surface area contributed by atoms with Gasteiger partial charge in [-0.05, 0) is 231 Å². The van der Waals surface area contributed by atoms with Crippen LogP contribution in [0.4, 0.5) is 28.4 Å². The van der Waals surface area contributed by atoms with E-state index in [0.29, 0.717) is 23.0 Å². The number of anilines is 5. The van der Waals surface area contributed by atoms with Crippen molar-refractivity contribution in [1.82, 2.24) is 9.97 Å². The SMILES string of the molecule is C.C.CC(C)(C)c1ccc(Nc2ccc(C(C)(C)C)cc2)cc1.[Au+3].[Au+3].[C-]#Cc1sc2ccccc2c1-c1cccc(Oc2c[c-]c(-c3cc(-c4ccc(Br)cc4)cc(-c4[c-]cc(C(C)(C)C)cc4)n3)cc2)c1.[C-]#Cc1sc2ccccc2c1-c1cccc(Oc2c[c-]c(-c3cc(-c4ccc(N(c5ccc(C(C)(C)C)cc5)c5ccc(C(C)(C)C)cc5)cc4)cc(-c4[c-]cc(C(C)(C)C)cc4)n3)cc2)c1. The summed E-state index contributed by atoms with van der Waals surface area (Å²) >= 11 is 6.71. The van der Waals surface area contributed by atoms with Crippen molar-refractivity contribution in [3.8, 4) is 124 Å². The molecule has 0 radical (unpaired) electrons. The monoisotopic (exact) mass is 2280 g/mol. The molecule has 0 unspecified atom stereocenters. The number of pyridine rings is 2. The molecule has 0 saturated heterocycles. The van der Waals surface area contributed by atoms with E-state index in [1.54, 1.807) is 22.7 Å². The zero-order valence-corrected chi connectivity index (χ0v) is 88.3. The molecule has 4 heterocycles. The van der Waals surface area contributed by atoms with E-state index in [-0.39, 0.29) is 92.1 Å². The number of fused-ring (bicyclic) bond motifs is 2. The molecule has 0 saturated carbocycles. The van der Waals surface area contributed by atoms with Crippen LogP contribution in [0.2, 0.25) is 0 Å². The Kier molecular flexibility index (Phi) is 33.7. The van der Waals surface area contributed by atoms with Crippen LogP contribution in [-0.4, -0.2) is 9.97 Å². The van der Waals surface area contributed by atoms with Gasteiger partial charge in [0.15, 0.2) is 0 Å². The second-order valence-electron chi connectivity index (χ2n) is 40.5. The minimum Gasteiger partial charge on any atom is -0.502 e. The van der Waals surface area contributed by atoms with E-state index in [0.717, 1.165) is 152 Å². The van der Waals surface area contributed by atoms with Gasteiger partial charge >= 0.3 is 44.8 Å². The van der Waals surface area contributed by atoms with Crippen molar-refractivity contribution >= 4 is 87.2 Å². The predicted octanol–water partition coefficient (Wildman–Crippen LogP) is 37.3. The molecular weight excluding hydrogens is 2160 g/mol. The summed E-state index contributed by atoms with van der Waals surface area (Å²) in [6.45, 7) is 40.2. The fourth-order valence-corrected chi connectivity index (χ4v) is 18.6. The number of aromatic nitrogens is 2. The van der Waals surface area contributed by atoms with Gasteiger partial charge in [-0.25, -0.2) is 22.7 Å². The summed E-state index contributed by atoms with van der Waals surface area (Å²) in [6, 6.07) is 132. The predicted molar refractivity (Wildman–Crippen MR) is 588 cm³/mol. The quantitative estimate of drug-likeness (QED) is 0.0557. The summed E-state index contributed by atoms with van der Waals surface area (Å²) in [7, 11) is 0. The number of benzene rings is 14. The van der Waals surface area contributed by atoms with Crippen molar-refractivity contribution in [3.05, 3.63) is 424 Å². The van der Waals surface area contributed by atoms with Gasteiger partial charge in [0.25, 0.3) is 0 Å². The number of rotatable bonds is 17. The molecule has 0 aliphatic rings. The van der Waals surface area contributed by atoms with Gasteiger partial charge in [0.2, 0.25) is 0 Å². The fraction of sp³-hybridized carbons (Fsp3) is 0.203. The Morgan fingerprint density at radius 3 is 0.899 bits per heavy atom. The van der Waals surface area contributed by atoms with E-state index in [1.807, 2.05) is 103 Å². The van der Waals surface area contributed by atoms with Gasteiger partial charge in [-0.1, -0.05) is 334 Å². The molecule has 18 rings (SSSR count). The van der Waals surface area contributed by atoms with Crippen molar-refractivity contribution in [2.75, 3.05) is 10.2 Å². The standard InChI is InChI=1S/C63H55N2OS.C43H29BrNOS.C20H27N.2CH4.2Au/c1-11-58-60(55-17-12-13-18-59(55)67-58)45-15-14-16-54(39-45)66-53-37-23-44(24-38-53)57-41-46(40-56(64-57)43-19-25-47(26-20-43)61(2,3)4)42-21-31-50(32-22-42)65(51-33-27-48(28-34-51)62(5,6)7)52-35-29-49(30-36-52)63(8,9)10;1-5-40-42(37-11-6-7-12-41(37)47-40)31-9-8-10-36(25-31)46-35-23-17-30(18-24-35)39-27-32(28-15-21-34(44)22-16-28)26-38(45-39)29-13-19-33(20-14-29)43(2,3)4;1-19(2,3)15-7-11-17(12-8-15)21-18-13-9-16(10-14-18)20(4,5)6;;;;/h12-19,21-23,25-41H,2-10H3;6-13,15-17,19-27H,2-4H3;7-14,21H,1-6H3;2*1H4;;/q2*-3;;;;2*+3. The summed E-state index contributed by atoms with van der Waals surface area (Å²) in [5.74, 6) is 8.03. The van der Waals surface area contributed by atoms with Crippen molar-refractivity contribution in [1.29, 1.82) is 0 Å². The minimum atomic E-state index is 0. The molecule has 0 spiro atoms. The first-order valence-corrected chi connectivity index (χ1v) is 48.3. The van der Waals surface area contributed by atoms with E-state index in [1.165, 1.54) is 33.4 Å². The van der Waals surface area contributed by atoms with Crippen LogP contribution in [0.5, 0.6) is 23.0 Å². The number of thiophene rings is 2. The van der Waals surface area contributed by atoms with Crippen LogP contribution in [0.3, 0.4) is 0 Å². The minimum absolute atomic E-state index is 0. The van der Waals surface area contributed by atoms with Crippen molar-refractivity contribution in [2.24, 2.45) is 0 Å². The molecule has 139 heavy (non-hydrogen) atoms. The summed E-state index contributed by atoms with van der Waals surface area (Å²) in [6.07, 6.45) is 15.9. The van der Waals surface area contributed by atoms with Crippen LogP contribution >= 0.6 is 38.6 Å². The number of hydrogen-bond acceptors (Lipinski definition) is 8. The molecule has 14 aromatic carbocycles. The topological polar surface area (TPSA) is 59.5 Å². The Labute approximate surface area is 874 Å². The van der Waals surface area contributed by atoms with Crippen LogP contribution in [0.15, 0.2) is 344 Å². The summed E-state index contributed by atoms with van der Waals surface area (Å²) < 4.78 is 16.0. The first-order valence-electron chi connectivity index (χ1n) is 45.9. The number of nitrogens with zero attached hydrogens (tertiary/aromatic N) is 3. The molecule has 704 valence electrons. The smallest absolute Gasteiger partial charge is 0.502 e. The average Bonchev–Trinajstić information content (AvgIpc) is 1.41. The van der Waals surface area contributed by atoms with Crippen molar-refractivity contribution < 1.29 is 54.2 Å². The molecule has 18 aromatic rings. The number of halogens is 1. The van der Waals surface area contributed by atoms with Gasteiger partial charge in [-0.3, -0.25) is 11.8 Å². The zero-order chi connectivity index (χ0) is 95.3. The summed E-state index contributed by atoms with van der Waals surface area (Å²) in [5, 5.41) is 5.68. The van der Waals surface area contributed by atoms with E-state index < -0.39 is 0 Å². The number of hydrogen-bond donors (Lipinski definition) is 1. The third-order valence-corrected chi connectivity index (χ3v) is 26.9. The Morgan fingerprint density at radius 2 is 0.597 bits per heavy atom. The first-order chi connectivity index (χ1) is 64.4. The molecule has 0 atom stereocenters. The molecule has 1 N–H and O–H groups in total. The van der Waals surface area contributed by atoms with Gasteiger partial charge in [-0.2, -0.15) is 0 Å². The van der Waals surface area contributed by atoms with Gasteiger partial charge in [0.05, 0.1) is 0 Å². The molecule has 0 amide bonds. The van der Waals surface area contributed by atoms with Crippen molar-refractivity contribution in [3.63, 3.8) is 0 Å². The molecule has 4 aromatic heterocycles. The maximum absolute atomic E-state index is 7.98. The molecular formula is C128H119Au2BrN4O2S2. The fourth-order valence-electron chi connectivity index (χ4n) is 16.2. The van der Waals surface area contributed by atoms with Crippen LogP contribution in [0.1, 0.15) is 183 Å². The van der Waals surface area contributed by atoms with Crippen LogP contribution in [-0.2, 0) is 77.3 Å². The summed E-state index contributed by atoms with van der Waals surface area (Å²) in [5.41, 5.74) is 29.1. The second kappa shape index (κ2) is 44.4. The molecule has 11 heteroatoms. The number of ether oxygens (including phenoxy) is 2. The number of nitrogens with one attached hydrogen (secondary N) is 1. The Morgan fingerprint density at radius 1 is 0.302 bits per heavy atom. The van der Waals surface area contributed by atoms with Gasteiger partial charge in [0, 0.05) is 53.8 Å². The maximum atomic E-state index is 7.98. The van der Waals surface area contributed by atoms with Gasteiger partial charge < -0.3 is 42.5 Å². The van der Waals surface area contributed by atoms with Gasteiger partial charge in [-0.15, -0.1) is 130 Å². The third kappa shape index (κ3) is 25.6. The largest absolute Gasteiger partial charge is 3.00 e. The zero-order valence-electron chi connectivity index (χ0n) is 80.8. The molecule has 6 nitrogen and oxygen atoms in total. The van der Waals surface area contributed by atoms with E-state index >= 15 is 0 Å². The second-order valence-corrected chi connectivity index (χ2v) is 43.5. The van der Waals surface area contributed by atoms with E-state index in [2.05, 4.69) is 423 Å². The Bertz CT molecular complexity index is 7200. The normalized spacial score (nSPS) is 11.5. The molecule has 0 aliphatic heterocycles. The maximum Gasteiger partial charge on any atom is 3.00 e. The van der Waals surface area contributed by atoms with Gasteiger partial charge in [0.1, 0.15) is 11.5 Å². The van der Waals surface area contributed by atoms with Crippen LogP contribution < -0.4 is 19.7 Å². The summed E-state index contributed by atoms with van der Waals surface area (Å²) in [4.78, 5) is 14.2. The Hall–Kier alpha value is -12.4. The van der Waals surface area contributed by atoms with E-state index in [9.17, 15) is 0 Å². The first kappa shape index (κ1) is 105. The molecule has 0 aliphatic carbocycles. The van der Waals surface area contributed by atoms with Crippen LogP contribution in [0.25, 0.3) is 110 Å².